The fourth-order valence-corrected chi connectivity index (χ4v) is 3.43. The molecule has 0 unspecified atom stereocenters. The summed E-state index contributed by atoms with van der Waals surface area (Å²) in [6, 6.07) is 9.76. The topological polar surface area (TPSA) is 75.3 Å². The number of amides is 1. The number of benzene rings is 1. The van der Waals surface area contributed by atoms with E-state index in [9.17, 15) is 13.2 Å². The first kappa shape index (κ1) is 16.4. The van der Waals surface area contributed by atoms with Crippen LogP contribution in [0.1, 0.15) is 15.2 Å². The number of sulfonamides is 1. The van der Waals surface area contributed by atoms with E-state index in [0.29, 0.717) is 12.1 Å². The van der Waals surface area contributed by atoms with Crippen LogP contribution in [0.25, 0.3) is 0 Å². The Morgan fingerprint density at radius 1 is 1.27 bits per heavy atom. The average molecular weight is 336 g/mol. The third-order valence-electron chi connectivity index (χ3n) is 2.83. The van der Waals surface area contributed by atoms with E-state index < -0.39 is 10.0 Å². The van der Waals surface area contributed by atoms with E-state index in [-0.39, 0.29) is 17.3 Å². The van der Waals surface area contributed by atoms with E-state index >= 15 is 0 Å². The molecule has 0 atom stereocenters. The lowest BCUT2D eigenvalue weighted by atomic mass is 10.2. The second-order valence-electron chi connectivity index (χ2n) is 4.43. The van der Waals surface area contributed by atoms with Crippen LogP contribution >= 0.6 is 11.3 Å². The highest BCUT2D eigenvalue weighted by Crippen LogP contribution is 2.12. The fourth-order valence-electron chi connectivity index (χ4n) is 1.74. The molecule has 1 amide bonds. The Bertz CT molecular complexity index is 753. The molecule has 1 aromatic carbocycles. The lowest BCUT2D eigenvalue weighted by Gasteiger charge is -2.07. The molecule has 2 N–H and O–H groups in total. The number of carbonyl (C=O) groups is 1. The van der Waals surface area contributed by atoms with E-state index in [4.69, 9.17) is 0 Å². The third kappa shape index (κ3) is 4.27. The number of nitrogens with one attached hydrogen (secondary N) is 2. The highest BCUT2D eigenvalue weighted by atomic mass is 32.2. The largest absolute Gasteiger partial charge is 0.347 e. The summed E-state index contributed by atoms with van der Waals surface area (Å²) in [5, 5.41) is 4.69. The van der Waals surface area contributed by atoms with Crippen LogP contribution in [0.15, 0.2) is 59.3 Å². The molecule has 0 fully saturated rings. The van der Waals surface area contributed by atoms with Gasteiger partial charge in [0.25, 0.3) is 5.91 Å². The van der Waals surface area contributed by atoms with Crippen molar-refractivity contribution in [2.45, 2.75) is 11.4 Å². The Morgan fingerprint density at radius 2 is 2.09 bits per heavy atom. The normalized spacial score (nSPS) is 11.1. The molecule has 0 saturated heterocycles. The molecule has 0 aliphatic rings. The Hall–Kier alpha value is -1.96. The van der Waals surface area contributed by atoms with Crippen molar-refractivity contribution in [2.75, 3.05) is 6.54 Å². The molecule has 0 aliphatic heterocycles. The maximum Gasteiger partial charge on any atom is 0.251 e. The summed E-state index contributed by atoms with van der Waals surface area (Å²) in [4.78, 5) is 13.2. The number of thiophene rings is 1. The Morgan fingerprint density at radius 3 is 2.77 bits per heavy atom. The van der Waals surface area contributed by atoms with E-state index in [1.54, 1.807) is 23.5 Å². The first-order valence-electron chi connectivity index (χ1n) is 6.54. The first-order valence-corrected chi connectivity index (χ1v) is 8.90. The highest BCUT2D eigenvalue weighted by Gasteiger charge is 2.15. The smallest absolute Gasteiger partial charge is 0.251 e. The Balaban J connectivity index is 2.10. The van der Waals surface area contributed by atoms with Crippen molar-refractivity contribution in [3.8, 4) is 0 Å². The molecule has 0 radical (unpaired) electrons. The van der Waals surface area contributed by atoms with Crippen molar-refractivity contribution < 1.29 is 13.2 Å². The number of hydrogen-bond donors (Lipinski definition) is 2. The van der Waals surface area contributed by atoms with Crippen LogP contribution in [-0.4, -0.2) is 20.9 Å². The van der Waals surface area contributed by atoms with Crippen LogP contribution in [0.4, 0.5) is 0 Å². The van der Waals surface area contributed by atoms with Crippen LogP contribution in [0.5, 0.6) is 0 Å². The molecule has 1 heterocycles. The summed E-state index contributed by atoms with van der Waals surface area (Å²) in [6.45, 7) is 4.02. The van der Waals surface area contributed by atoms with Gasteiger partial charge in [-0.05, 0) is 29.6 Å². The van der Waals surface area contributed by atoms with Gasteiger partial charge in [0.05, 0.1) is 11.4 Å². The maximum atomic E-state index is 12.1. The van der Waals surface area contributed by atoms with Crippen molar-refractivity contribution in [2.24, 2.45) is 0 Å². The highest BCUT2D eigenvalue weighted by molar-refractivity contribution is 7.89. The van der Waals surface area contributed by atoms with E-state index in [0.717, 1.165) is 4.88 Å². The molecule has 0 saturated carbocycles. The lowest BCUT2D eigenvalue weighted by Crippen LogP contribution is -2.25. The minimum Gasteiger partial charge on any atom is -0.347 e. The Kier molecular flexibility index (Phi) is 5.48. The molecule has 0 spiro atoms. The molecule has 0 aliphatic carbocycles. The molecular weight excluding hydrogens is 320 g/mol. The summed E-state index contributed by atoms with van der Waals surface area (Å²) in [6.07, 6.45) is 1.45. The molecular formula is C15H16N2O3S2. The average Bonchev–Trinajstić information content (AvgIpc) is 3.04. The van der Waals surface area contributed by atoms with Crippen LogP contribution in [0.3, 0.4) is 0 Å². The van der Waals surface area contributed by atoms with E-state index in [1.807, 2.05) is 17.5 Å². The molecule has 2 rings (SSSR count). The van der Waals surface area contributed by atoms with Gasteiger partial charge < -0.3 is 5.32 Å². The van der Waals surface area contributed by atoms with Gasteiger partial charge in [-0.25, -0.2) is 13.1 Å². The predicted octanol–water partition coefficient (Wildman–Crippen LogP) is 2.14. The van der Waals surface area contributed by atoms with Gasteiger partial charge in [-0.1, -0.05) is 18.2 Å². The summed E-state index contributed by atoms with van der Waals surface area (Å²) in [5.41, 5.74) is 0.304. The monoisotopic (exact) mass is 336 g/mol. The van der Waals surface area contributed by atoms with Gasteiger partial charge in [-0.15, -0.1) is 17.9 Å². The summed E-state index contributed by atoms with van der Waals surface area (Å²) < 4.78 is 26.4. The Labute approximate surface area is 133 Å². The lowest BCUT2D eigenvalue weighted by molar-refractivity contribution is 0.0951. The zero-order chi connectivity index (χ0) is 16.0. The van der Waals surface area contributed by atoms with Crippen molar-refractivity contribution >= 4 is 27.3 Å². The third-order valence-corrected chi connectivity index (χ3v) is 5.13. The molecule has 7 heteroatoms. The number of carbonyl (C=O) groups excluding carboxylic acids is 1. The SMILES string of the molecule is C=CCNS(=O)(=O)c1cccc(C(=O)NCc2cccs2)c1. The van der Waals surface area contributed by atoms with Crippen molar-refractivity contribution in [3.05, 3.63) is 64.9 Å². The molecule has 0 bridgehead atoms. The fraction of sp³-hybridized carbons (Fsp3) is 0.133. The van der Waals surface area contributed by atoms with Gasteiger partial charge in [0.1, 0.15) is 0 Å². The molecule has 116 valence electrons. The van der Waals surface area contributed by atoms with Crippen LogP contribution < -0.4 is 10.0 Å². The first-order chi connectivity index (χ1) is 10.5. The van der Waals surface area contributed by atoms with Crippen molar-refractivity contribution in [1.82, 2.24) is 10.0 Å². The van der Waals surface area contributed by atoms with Crippen LogP contribution in [0, 0.1) is 0 Å². The van der Waals surface area contributed by atoms with Gasteiger partial charge in [0.2, 0.25) is 10.0 Å². The van der Waals surface area contributed by atoms with Crippen molar-refractivity contribution in [1.29, 1.82) is 0 Å². The molecule has 5 nitrogen and oxygen atoms in total. The van der Waals surface area contributed by atoms with E-state index in [1.165, 1.54) is 18.2 Å². The van der Waals surface area contributed by atoms with Gasteiger partial charge in [-0.2, -0.15) is 0 Å². The van der Waals surface area contributed by atoms with Gasteiger partial charge in [-0.3, -0.25) is 4.79 Å². The summed E-state index contributed by atoms with van der Waals surface area (Å²) in [5.74, 6) is -0.311. The maximum absolute atomic E-state index is 12.1. The zero-order valence-electron chi connectivity index (χ0n) is 11.8. The zero-order valence-corrected chi connectivity index (χ0v) is 13.4. The second kappa shape index (κ2) is 7.35. The molecule has 2 aromatic rings. The minimum absolute atomic E-state index is 0.0538. The predicted molar refractivity (Wildman–Crippen MR) is 87.3 cm³/mol. The number of rotatable bonds is 7. The van der Waals surface area contributed by atoms with E-state index in [2.05, 4.69) is 16.6 Å². The quantitative estimate of drug-likeness (QED) is 0.761. The minimum atomic E-state index is -3.64. The van der Waals surface area contributed by atoms with Crippen LogP contribution in [-0.2, 0) is 16.6 Å². The van der Waals surface area contributed by atoms with Crippen LogP contribution in [0.2, 0.25) is 0 Å². The molecule has 22 heavy (non-hydrogen) atoms. The van der Waals surface area contributed by atoms with Gasteiger partial charge in [0, 0.05) is 17.0 Å². The van der Waals surface area contributed by atoms with Crippen molar-refractivity contribution in [3.63, 3.8) is 0 Å². The standard InChI is InChI=1S/C15H16N2O3S2/c1-2-8-17-22(19,20)14-7-3-5-12(10-14)15(18)16-11-13-6-4-9-21-13/h2-7,9-10,17H,1,8,11H2,(H,16,18). The summed E-state index contributed by atoms with van der Waals surface area (Å²) >= 11 is 1.55. The summed E-state index contributed by atoms with van der Waals surface area (Å²) in [7, 11) is -3.64. The second-order valence-corrected chi connectivity index (χ2v) is 7.23. The van der Waals surface area contributed by atoms with Gasteiger partial charge in [0.15, 0.2) is 0 Å². The number of hydrogen-bond acceptors (Lipinski definition) is 4. The molecule has 1 aromatic heterocycles. The van der Waals surface area contributed by atoms with Gasteiger partial charge >= 0.3 is 0 Å².